The van der Waals surface area contributed by atoms with E-state index in [0.29, 0.717) is 18.2 Å². The minimum Gasteiger partial charge on any atom is -0.394 e. The number of aliphatic hydroxyl groups is 1. The van der Waals surface area contributed by atoms with Crippen LogP contribution in [0.4, 0.5) is 17.6 Å². The zero-order valence-corrected chi connectivity index (χ0v) is 13.2. The van der Waals surface area contributed by atoms with Crippen molar-refractivity contribution >= 4 is 28.5 Å². The molecule has 0 amide bonds. The Morgan fingerprint density at radius 3 is 2.92 bits per heavy atom. The highest BCUT2D eigenvalue weighted by molar-refractivity contribution is 5.93. The number of nitrogens with one attached hydrogen (secondary N) is 2. The lowest BCUT2D eigenvalue weighted by molar-refractivity contribution is 0.269. The minimum absolute atomic E-state index is 0.0287. The summed E-state index contributed by atoms with van der Waals surface area (Å²) in [5.41, 5.74) is 8.44. The van der Waals surface area contributed by atoms with Gasteiger partial charge in [-0.2, -0.15) is 15.2 Å². The number of nitrogens with zero attached hydrogens (tertiary/aromatic N) is 5. The lowest BCUT2D eigenvalue weighted by Crippen LogP contribution is -2.04. The van der Waals surface area contributed by atoms with E-state index in [0.717, 1.165) is 22.2 Å². The third-order valence-corrected chi connectivity index (χ3v) is 3.74. The average molecular weight is 336 g/mol. The SMILES string of the molecule is Nc1nc(Nc2ccn(CCO)n2)c2ccc(-c3ccn[nH]3)cc2n1. The summed E-state index contributed by atoms with van der Waals surface area (Å²) < 4.78 is 1.64. The van der Waals surface area contributed by atoms with Crippen LogP contribution in [0.25, 0.3) is 22.2 Å². The molecule has 126 valence electrons. The summed E-state index contributed by atoms with van der Waals surface area (Å²) >= 11 is 0. The van der Waals surface area contributed by atoms with Crippen LogP contribution in [0.1, 0.15) is 0 Å². The molecule has 9 nitrogen and oxygen atoms in total. The van der Waals surface area contributed by atoms with Crippen molar-refractivity contribution < 1.29 is 5.11 Å². The topological polar surface area (TPSA) is 131 Å². The first-order valence-corrected chi connectivity index (χ1v) is 7.71. The second kappa shape index (κ2) is 6.21. The van der Waals surface area contributed by atoms with Crippen molar-refractivity contribution in [3.63, 3.8) is 0 Å². The van der Waals surface area contributed by atoms with Crippen LogP contribution in [0.15, 0.2) is 42.7 Å². The largest absolute Gasteiger partial charge is 0.394 e. The van der Waals surface area contributed by atoms with Gasteiger partial charge in [-0.05, 0) is 18.2 Å². The normalized spacial score (nSPS) is 11.1. The summed E-state index contributed by atoms with van der Waals surface area (Å²) in [6.45, 7) is 0.461. The van der Waals surface area contributed by atoms with E-state index in [1.54, 1.807) is 23.1 Å². The maximum atomic E-state index is 8.98. The highest BCUT2D eigenvalue weighted by atomic mass is 16.3. The van der Waals surface area contributed by atoms with E-state index in [9.17, 15) is 0 Å². The molecule has 4 aromatic rings. The standard InChI is InChI=1S/C16H16N8O/c17-16-19-13-9-10(12-3-5-18-22-12)1-2-11(13)15(21-16)20-14-4-6-24(23-14)7-8-25/h1-6,9,25H,7-8H2,(H,18,22)(H3,17,19,20,21,23). The smallest absolute Gasteiger partial charge is 0.222 e. The molecular formula is C16H16N8O. The molecule has 1 aromatic carbocycles. The van der Waals surface area contributed by atoms with E-state index < -0.39 is 0 Å². The van der Waals surface area contributed by atoms with Gasteiger partial charge in [-0.1, -0.05) is 6.07 Å². The maximum absolute atomic E-state index is 8.98. The predicted molar refractivity (Wildman–Crippen MR) is 94.1 cm³/mol. The number of benzene rings is 1. The maximum Gasteiger partial charge on any atom is 0.222 e. The summed E-state index contributed by atoms with van der Waals surface area (Å²) in [4.78, 5) is 8.60. The van der Waals surface area contributed by atoms with E-state index in [-0.39, 0.29) is 12.6 Å². The monoisotopic (exact) mass is 336 g/mol. The molecule has 4 rings (SSSR count). The second-order valence-corrected chi connectivity index (χ2v) is 5.45. The Kier molecular flexibility index (Phi) is 3.75. The third kappa shape index (κ3) is 3.00. The van der Waals surface area contributed by atoms with Gasteiger partial charge >= 0.3 is 0 Å². The molecule has 3 heterocycles. The van der Waals surface area contributed by atoms with Crippen molar-refractivity contribution in [1.29, 1.82) is 0 Å². The number of fused-ring (bicyclic) bond motifs is 1. The van der Waals surface area contributed by atoms with E-state index in [4.69, 9.17) is 10.8 Å². The number of aliphatic hydroxyl groups excluding tert-OH is 1. The number of rotatable bonds is 5. The fourth-order valence-electron chi connectivity index (χ4n) is 2.60. The van der Waals surface area contributed by atoms with Gasteiger partial charge in [0, 0.05) is 29.4 Å². The van der Waals surface area contributed by atoms with Gasteiger partial charge in [0.1, 0.15) is 5.82 Å². The quantitative estimate of drug-likeness (QED) is 0.435. The molecule has 9 heteroatoms. The fraction of sp³-hybridized carbons (Fsp3) is 0.125. The lowest BCUT2D eigenvalue weighted by Gasteiger charge is -2.08. The van der Waals surface area contributed by atoms with Crippen LogP contribution in [-0.4, -0.2) is 41.7 Å². The Balaban J connectivity index is 1.72. The molecule has 5 N–H and O–H groups in total. The highest BCUT2D eigenvalue weighted by Crippen LogP contribution is 2.27. The molecular weight excluding hydrogens is 320 g/mol. The lowest BCUT2D eigenvalue weighted by atomic mass is 10.1. The molecule has 0 radical (unpaired) electrons. The molecule has 0 aliphatic rings. The average Bonchev–Trinajstić information content (AvgIpc) is 3.26. The second-order valence-electron chi connectivity index (χ2n) is 5.45. The molecule has 0 saturated carbocycles. The van der Waals surface area contributed by atoms with Gasteiger partial charge in [0.25, 0.3) is 0 Å². The molecule has 0 fully saturated rings. The molecule has 0 atom stereocenters. The molecule has 0 unspecified atom stereocenters. The van der Waals surface area contributed by atoms with Gasteiger partial charge in [0.15, 0.2) is 5.82 Å². The van der Waals surface area contributed by atoms with Crippen molar-refractivity contribution in [2.75, 3.05) is 17.7 Å². The molecule has 0 spiro atoms. The minimum atomic E-state index is 0.0287. The fourth-order valence-corrected chi connectivity index (χ4v) is 2.60. The van der Waals surface area contributed by atoms with Crippen LogP contribution in [0.3, 0.4) is 0 Å². The summed E-state index contributed by atoms with van der Waals surface area (Å²) in [6.07, 6.45) is 3.48. The predicted octanol–water partition coefficient (Wildman–Crippen LogP) is 1.53. The van der Waals surface area contributed by atoms with Crippen LogP contribution in [0.2, 0.25) is 0 Å². The molecule has 0 bridgehead atoms. The van der Waals surface area contributed by atoms with E-state index in [1.807, 2.05) is 24.3 Å². The zero-order chi connectivity index (χ0) is 17.2. The number of hydrogen-bond donors (Lipinski definition) is 4. The third-order valence-electron chi connectivity index (χ3n) is 3.74. The van der Waals surface area contributed by atoms with Crippen molar-refractivity contribution in [3.05, 3.63) is 42.7 Å². The number of hydrogen-bond acceptors (Lipinski definition) is 7. The Morgan fingerprint density at radius 2 is 2.12 bits per heavy atom. The number of nitrogens with two attached hydrogens (primary N) is 1. The first kappa shape index (κ1) is 15.1. The van der Waals surface area contributed by atoms with Crippen molar-refractivity contribution in [3.8, 4) is 11.3 Å². The number of H-pyrrole nitrogens is 1. The van der Waals surface area contributed by atoms with Crippen molar-refractivity contribution in [1.82, 2.24) is 29.9 Å². The van der Waals surface area contributed by atoms with E-state index in [2.05, 4.69) is 30.6 Å². The van der Waals surface area contributed by atoms with Crippen molar-refractivity contribution in [2.45, 2.75) is 6.54 Å². The van der Waals surface area contributed by atoms with E-state index in [1.165, 1.54) is 0 Å². The van der Waals surface area contributed by atoms with Crippen LogP contribution in [0, 0.1) is 0 Å². The molecule has 25 heavy (non-hydrogen) atoms. The Morgan fingerprint density at radius 1 is 1.20 bits per heavy atom. The van der Waals surface area contributed by atoms with Gasteiger partial charge < -0.3 is 16.2 Å². The molecule has 3 aromatic heterocycles. The summed E-state index contributed by atoms with van der Waals surface area (Å²) in [7, 11) is 0. The summed E-state index contributed by atoms with van der Waals surface area (Å²) in [6, 6.07) is 9.51. The highest BCUT2D eigenvalue weighted by Gasteiger charge is 2.10. The van der Waals surface area contributed by atoms with Crippen molar-refractivity contribution in [2.24, 2.45) is 0 Å². The van der Waals surface area contributed by atoms with Crippen LogP contribution in [-0.2, 0) is 6.54 Å². The van der Waals surface area contributed by atoms with Crippen LogP contribution >= 0.6 is 0 Å². The first-order valence-electron chi connectivity index (χ1n) is 7.71. The zero-order valence-electron chi connectivity index (χ0n) is 13.2. The number of aromatic nitrogens is 6. The van der Waals surface area contributed by atoms with Gasteiger partial charge in [0.2, 0.25) is 5.95 Å². The Labute approximate surface area is 142 Å². The first-order chi connectivity index (χ1) is 12.2. The molecule has 0 aliphatic carbocycles. The number of nitrogen functional groups attached to an aromatic ring is 1. The van der Waals surface area contributed by atoms with Gasteiger partial charge in [-0.15, -0.1) is 0 Å². The molecule has 0 aliphatic heterocycles. The van der Waals surface area contributed by atoms with E-state index >= 15 is 0 Å². The van der Waals surface area contributed by atoms with Crippen LogP contribution < -0.4 is 11.1 Å². The Bertz CT molecular complexity index is 1010. The van der Waals surface area contributed by atoms with Gasteiger partial charge in [0.05, 0.1) is 24.4 Å². The van der Waals surface area contributed by atoms with Gasteiger partial charge in [-0.3, -0.25) is 9.78 Å². The number of aromatic amines is 1. The van der Waals surface area contributed by atoms with Crippen LogP contribution in [0.5, 0.6) is 0 Å². The summed E-state index contributed by atoms with van der Waals surface area (Å²) in [5, 5.41) is 24.2. The Hall–Kier alpha value is -3.46. The molecule has 0 saturated heterocycles. The van der Waals surface area contributed by atoms with Gasteiger partial charge in [-0.25, -0.2) is 4.98 Å². The number of anilines is 3. The summed E-state index contributed by atoms with van der Waals surface area (Å²) in [5.74, 6) is 1.37.